The lowest BCUT2D eigenvalue weighted by molar-refractivity contribution is 0.0948. The van der Waals surface area contributed by atoms with Crippen LogP contribution < -0.4 is 10.1 Å². The molecule has 0 radical (unpaired) electrons. The smallest absolute Gasteiger partial charge is 0.256 e. The van der Waals surface area contributed by atoms with Gasteiger partial charge in [-0.05, 0) is 37.6 Å². The number of nitrogens with one attached hydrogen (secondary N) is 2. The Balaban J connectivity index is 2.21. The average molecular weight is 327 g/mol. The van der Waals surface area contributed by atoms with Gasteiger partial charge in [0.1, 0.15) is 5.56 Å². The fraction of sp³-hybridized carbons (Fsp3) is 0.267. The minimum atomic E-state index is -0.322. The predicted molar refractivity (Wildman–Crippen MR) is 84.5 cm³/mol. The molecular weight excluding hydrogens is 311 g/mol. The summed E-state index contributed by atoms with van der Waals surface area (Å²) in [5.41, 5.74) is 3.35. The molecule has 1 aromatic heterocycles. The van der Waals surface area contributed by atoms with Crippen LogP contribution in [-0.4, -0.2) is 18.0 Å². The van der Waals surface area contributed by atoms with Gasteiger partial charge in [0.05, 0.1) is 17.2 Å². The molecule has 112 valence electrons. The second-order valence-electron chi connectivity index (χ2n) is 4.72. The lowest BCUT2D eigenvalue weighted by Gasteiger charge is -2.12. The summed E-state index contributed by atoms with van der Waals surface area (Å²) in [5.74, 6) is -0.0405. The molecule has 0 bridgehead atoms. The highest BCUT2D eigenvalue weighted by molar-refractivity contribution is 6.37. The third-order valence-corrected chi connectivity index (χ3v) is 3.80. The predicted octanol–water partition coefficient (Wildman–Crippen LogP) is 3.88. The van der Waals surface area contributed by atoms with Gasteiger partial charge in [0.15, 0.2) is 5.75 Å². The van der Waals surface area contributed by atoms with Crippen LogP contribution in [0.5, 0.6) is 5.75 Å². The van der Waals surface area contributed by atoms with Crippen LogP contribution in [0.25, 0.3) is 0 Å². The van der Waals surface area contributed by atoms with E-state index in [-0.39, 0.29) is 17.2 Å². The lowest BCUT2D eigenvalue weighted by atomic mass is 10.1. The molecule has 2 N–H and O–H groups in total. The Bertz CT molecular complexity index is 681. The van der Waals surface area contributed by atoms with Gasteiger partial charge in [-0.3, -0.25) is 4.79 Å². The fourth-order valence-electron chi connectivity index (χ4n) is 2.17. The Morgan fingerprint density at radius 2 is 1.95 bits per heavy atom. The number of aryl methyl sites for hydroxylation is 2. The quantitative estimate of drug-likeness (QED) is 0.895. The number of halogens is 2. The zero-order chi connectivity index (χ0) is 15.6. The van der Waals surface area contributed by atoms with E-state index in [0.717, 1.165) is 17.0 Å². The number of aromatic nitrogens is 1. The molecule has 0 aliphatic carbocycles. The molecule has 2 rings (SSSR count). The summed E-state index contributed by atoms with van der Waals surface area (Å²) in [4.78, 5) is 15.5. The largest absolute Gasteiger partial charge is 0.494 e. The van der Waals surface area contributed by atoms with Crippen LogP contribution in [0, 0.1) is 13.8 Å². The second kappa shape index (κ2) is 6.41. The highest BCUT2D eigenvalue weighted by atomic mass is 35.5. The van der Waals surface area contributed by atoms with Crippen LogP contribution in [0.3, 0.4) is 0 Å². The number of ether oxygens (including phenoxy) is 1. The van der Waals surface area contributed by atoms with Crippen LogP contribution in [0.15, 0.2) is 18.2 Å². The minimum Gasteiger partial charge on any atom is -0.494 e. The number of rotatable bonds is 4. The number of amides is 1. The molecule has 0 aliphatic rings. The number of carbonyl (C=O) groups is 1. The molecule has 4 nitrogen and oxygen atoms in total. The Morgan fingerprint density at radius 1 is 1.29 bits per heavy atom. The minimum absolute atomic E-state index is 0.247. The number of carbonyl (C=O) groups excluding carboxylic acids is 1. The Hall–Kier alpha value is -1.65. The van der Waals surface area contributed by atoms with E-state index in [4.69, 9.17) is 27.9 Å². The molecule has 2 aromatic rings. The van der Waals surface area contributed by atoms with Gasteiger partial charge >= 0.3 is 0 Å². The molecule has 0 atom stereocenters. The Kier molecular flexibility index (Phi) is 4.80. The van der Waals surface area contributed by atoms with Crippen molar-refractivity contribution in [3.8, 4) is 5.75 Å². The summed E-state index contributed by atoms with van der Waals surface area (Å²) in [7, 11) is 1.45. The monoisotopic (exact) mass is 326 g/mol. The number of aromatic amines is 1. The van der Waals surface area contributed by atoms with Gasteiger partial charge in [0.2, 0.25) is 0 Å². The molecule has 0 aliphatic heterocycles. The average Bonchev–Trinajstić information content (AvgIpc) is 2.76. The maximum absolute atomic E-state index is 12.3. The van der Waals surface area contributed by atoms with Gasteiger partial charge in [-0.15, -0.1) is 0 Å². The third-order valence-electron chi connectivity index (χ3n) is 3.19. The second-order valence-corrected chi connectivity index (χ2v) is 5.54. The molecule has 1 heterocycles. The standard InChI is InChI=1S/C15H16Cl2N2O2/c1-8-6-10(9(2)19-8)7-18-15(20)13-11(16)4-5-12(17)14(13)21-3/h4-6,19H,7H2,1-3H3,(H,18,20). The van der Waals surface area contributed by atoms with Crippen molar-refractivity contribution >= 4 is 29.1 Å². The molecule has 1 aromatic carbocycles. The van der Waals surface area contributed by atoms with Gasteiger partial charge in [0.25, 0.3) is 5.91 Å². The van der Waals surface area contributed by atoms with Crippen molar-refractivity contribution in [2.45, 2.75) is 20.4 Å². The molecule has 1 amide bonds. The van der Waals surface area contributed by atoms with Crippen LogP contribution in [0.2, 0.25) is 10.0 Å². The van der Waals surface area contributed by atoms with Crippen LogP contribution in [-0.2, 0) is 6.54 Å². The van der Waals surface area contributed by atoms with E-state index in [9.17, 15) is 4.79 Å². The Labute approximate surface area is 133 Å². The molecule has 0 spiro atoms. The normalized spacial score (nSPS) is 10.5. The maximum Gasteiger partial charge on any atom is 0.256 e. The number of H-pyrrole nitrogens is 1. The summed E-state index contributed by atoms with van der Waals surface area (Å²) in [5, 5.41) is 3.48. The molecule has 0 fully saturated rings. The first-order chi connectivity index (χ1) is 9.93. The van der Waals surface area contributed by atoms with Crippen molar-refractivity contribution in [3.63, 3.8) is 0 Å². The number of hydrogen-bond donors (Lipinski definition) is 2. The molecular formula is C15H16Cl2N2O2. The topological polar surface area (TPSA) is 54.1 Å². The van der Waals surface area contributed by atoms with Gasteiger partial charge < -0.3 is 15.0 Å². The SMILES string of the molecule is COc1c(Cl)ccc(Cl)c1C(=O)NCc1cc(C)[nH]c1C. The van der Waals surface area contributed by atoms with Gasteiger partial charge in [-0.1, -0.05) is 23.2 Å². The van der Waals surface area contributed by atoms with Crippen molar-refractivity contribution in [3.05, 3.63) is 50.8 Å². The lowest BCUT2D eigenvalue weighted by Crippen LogP contribution is -2.24. The summed E-state index contributed by atoms with van der Waals surface area (Å²) in [6.07, 6.45) is 0. The van der Waals surface area contributed by atoms with Gasteiger partial charge in [-0.2, -0.15) is 0 Å². The van der Waals surface area contributed by atoms with E-state index >= 15 is 0 Å². The van der Waals surface area contributed by atoms with Crippen molar-refractivity contribution in [2.75, 3.05) is 7.11 Å². The van der Waals surface area contributed by atoms with E-state index < -0.39 is 0 Å². The van der Waals surface area contributed by atoms with E-state index in [2.05, 4.69) is 10.3 Å². The fourth-order valence-corrected chi connectivity index (χ4v) is 2.64. The van der Waals surface area contributed by atoms with Crippen molar-refractivity contribution < 1.29 is 9.53 Å². The first kappa shape index (κ1) is 15.7. The zero-order valence-corrected chi connectivity index (χ0v) is 13.5. The molecule has 0 unspecified atom stereocenters. The number of benzene rings is 1. The third kappa shape index (κ3) is 3.34. The van der Waals surface area contributed by atoms with Gasteiger partial charge in [-0.25, -0.2) is 0 Å². The maximum atomic E-state index is 12.3. The number of methoxy groups -OCH3 is 1. The highest BCUT2D eigenvalue weighted by Crippen LogP contribution is 2.33. The summed E-state index contributed by atoms with van der Waals surface area (Å²) >= 11 is 12.1. The first-order valence-electron chi connectivity index (χ1n) is 6.39. The Morgan fingerprint density at radius 3 is 2.52 bits per heavy atom. The molecule has 0 saturated heterocycles. The molecule has 6 heteroatoms. The summed E-state index contributed by atoms with van der Waals surface area (Å²) in [6, 6.07) is 5.17. The molecule has 0 saturated carbocycles. The number of hydrogen-bond acceptors (Lipinski definition) is 2. The van der Waals surface area contributed by atoms with Crippen LogP contribution in [0.1, 0.15) is 27.3 Å². The van der Waals surface area contributed by atoms with E-state index in [1.807, 2.05) is 19.9 Å². The van der Waals surface area contributed by atoms with Crippen LogP contribution in [0.4, 0.5) is 0 Å². The molecule has 21 heavy (non-hydrogen) atoms. The van der Waals surface area contributed by atoms with E-state index in [0.29, 0.717) is 16.6 Å². The van der Waals surface area contributed by atoms with Gasteiger partial charge in [0, 0.05) is 17.9 Å². The summed E-state index contributed by atoms with van der Waals surface area (Å²) in [6.45, 7) is 4.33. The first-order valence-corrected chi connectivity index (χ1v) is 7.15. The van der Waals surface area contributed by atoms with Crippen LogP contribution >= 0.6 is 23.2 Å². The van der Waals surface area contributed by atoms with E-state index in [1.54, 1.807) is 12.1 Å². The zero-order valence-electron chi connectivity index (χ0n) is 12.0. The highest BCUT2D eigenvalue weighted by Gasteiger charge is 2.19. The van der Waals surface area contributed by atoms with E-state index in [1.165, 1.54) is 7.11 Å². The van der Waals surface area contributed by atoms with Crippen molar-refractivity contribution in [1.82, 2.24) is 10.3 Å². The summed E-state index contributed by atoms with van der Waals surface area (Å²) < 4.78 is 5.17. The van der Waals surface area contributed by atoms with Crippen molar-refractivity contribution in [2.24, 2.45) is 0 Å². The van der Waals surface area contributed by atoms with Crippen molar-refractivity contribution in [1.29, 1.82) is 0 Å².